The second kappa shape index (κ2) is 5.54. The fourth-order valence-corrected chi connectivity index (χ4v) is 2.36. The van der Waals surface area contributed by atoms with E-state index in [0.717, 1.165) is 15.2 Å². The van der Waals surface area contributed by atoms with E-state index in [2.05, 4.69) is 27.0 Å². The SMILES string of the molecule is N=C(N)c1ccc(Oc2ccc3cc(Br)ccc3c2)nc1. The average Bonchev–Trinajstić information content (AvgIpc) is 2.48. The molecule has 1 heterocycles. The lowest BCUT2D eigenvalue weighted by Gasteiger charge is -2.07. The van der Waals surface area contributed by atoms with Gasteiger partial charge in [-0.2, -0.15) is 0 Å². The van der Waals surface area contributed by atoms with E-state index in [-0.39, 0.29) is 5.84 Å². The highest BCUT2D eigenvalue weighted by atomic mass is 79.9. The molecule has 0 atom stereocenters. The number of aromatic nitrogens is 1. The highest BCUT2D eigenvalue weighted by molar-refractivity contribution is 9.10. The first-order valence-corrected chi connectivity index (χ1v) is 7.09. The van der Waals surface area contributed by atoms with Crippen LogP contribution in [0.2, 0.25) is 0 Å². The van der Waals surface area contributed by atoms with Gasteiger partial charge in [0.1, 0.15) is 11.6 Å². The lowest BCUT2D eigenvalue weighted by molar-refractivity contribution is 0.463. The number of amidine groups is 1. The van der Waals surface area contributed by atoms with Crippen molar-refractivity contribution in [1.82, 2.24) is 4.98 Å². The molecule has 0 spiro atoms. The van der Waals surface area contributed by atoms with Crippen LogP contribution in [0.5, 0.6) is 11.6 Å². The van der Waals surface area contributed by atoms with Crippen molar-refractivity contribution in [3.8, 4) is 11.6 Å². The average molecular weight is 342 g/mol. The van der Waals surface area contributed by atoms with Gasteiger partial charge < -0.3 is 10.5 Å². The molecule has 5 heteroatoms. The number of halogens is 1. The number of ether oxygens (including phenoxy) is 1. The van der Waals surface area contributed by atoms with E-state index in [1.807, 2.05) is 30.3 Å². The summed E-state index contributed by atoms with van der Waals surface area (Å²) in [4.78, 5) is 4.14. The Labute approximate surface area is 130 Å². The number of nitrogens with one attached hydrogen (secondary N) is 1. The topological polar surface area (TPSA) is 72.0 Å². The van der Waals surface area contributed by atoms with E-state index >= 15 is 0 Å². The zero-order chi connectivity index (χ0) is 14.8. The minimum absolute atomic E-state index is 0.00895. The van der Waals surface area contributed by atoms with E-state index < -0.39 is 0 Å². The highest BCUT2D eigenvalue weighted by Gasteiger charge is 2.03. The van der Waals surface area contributed by atoms with Crippen LogP contribution in [-0.2, 0) is 0 Å². The van der Waals surface area contributed by atoms with E-state index in [0.29, 0.717) is 17.2 Å². The number of nitrogens with zero attached hydrogens (tertiary/aromatic N) is 1. The zero-order valence-corrected chi connectivity index (χ0v) is 12.6. The molecule has 0 saturated heterocycles. The second-order valence-electron chi connectivity index (χ2n) is 4.55. The van der Waals surface area contributed by atoms with Crippen molar-refractivity contribution < 1.29 is 4.74 Å². The number of hydrogen-bond acceptors (Lipinski definition) is 3. The van der Waals surface area contributed by atoms with Gasteiger partial charge in [-0.05, 0) is 41.1 Å². The summed E-state index contributed by atoms with van der Waals surface area (Å²) < 4.78 is 6.76. The van der Waals surface area contributed by atoms with E-state index in [9.17, 15) is 0 Å². The van der Waals surface area contributed by atoms with Crippen LogP contribution in [-0.4, -0.2) is 10.8 Å². The summed E-state index contributed by atoms with van der Waals surface area (Å²) in [6.07, 6.45) is 1.52. The van der Waals surface area contributed by atoms with Crippen molar-refractivity contribution in [1.29, 1.82) is 5.41 Å². The van der Waals surface area contributed by atoms with E-state index in [1.54, 1.807) is 12.1 Å². The third-order valence-corrected chi connectivity index (χ3v) is 3.54. The fraction of sp³-hybridized carbons (Fsp3) is 0. The van der Waals surface area contributed by atoms with Crippen LogP contribution < -0.4 is 10.5 Å². The number of pyridine rings is 1. The van der Waals surface area contributed by atoms with Gasteiger partial charge in [0.15, 0.2) is 0 Å². The summed E-state index contributed by atoms with van der Waals surface area (Å²) in [5, 5.41) is 9.56. The van der Waals surface area contributed by atoms with Crippen molar-refractivity contribution in [2.75, 3.05) is 0 Å². The second-order valence-corrected chi connectivity index (χ2v) is 5.47. The number of rotatable bonds is 3. The minimum Gasteiger partial charge on any atom is -0.439 e. The first-order valence-electron chi connectivity index (χ1n) is 6.29. The van der Waals surface area contributed by atoms with Crippen LogP contribution in [0.15, 0.2) is 59.2 Å². The van der Waals surface area contributed by atoms with Crippen LogP contribution >= 0.6 is 15.9 Å². The number of benzene rings is 2. The Morgan fingerprint density at radius 2 is 1.81 bits per heavy atom. The standard InChI is InChI=1S/C16H12BrN3O/c17-13-4-1-11-8-14(5-2-10(11)7-13)21-15-6-3-12(9-20-15)16(18)19/h1-9H,(H3,18,19). The molecule has 3 rings (SSSR count). The zero-order valence-electron chi connectivity index (χ0n) is 11.0. The molecule has 21 heavy (non-hydrogen) atoms. The van der Waals surface area contributed by atoms with Gasteiger partial charge in [0.25, 0.3) is 0 Å². The molecule has 3 N–H and O–H groups in total. The van der Waals surface area contributed by atoms with Gasteiger partial charge in [-0.3, -0.25) is 5.41 Å². The van der Waals surface area contributed by atoms with Crippen molar-refractivity contribution in [3.63, 3.8) is 0 Å². The fourth-order valence-electron chi connectivity index (χ4n) is 1.98. The molecule has 3 aromatic rings. The quantitative estimate of drug-likeness (QED) is 0.557. The van der Waals surface area contributed by atoms with Crippen molar-refractivity contribution >= 4 is 32.5 Å². The summed E-state index contributed by atoms with van der Waals surface area (Å²) >= 11 is 3.45. The highest BCUT2D eigenvalue weighted by Crippen LogP contribution is 2.26. The minimum atomic E-state index is -0.00895. The number of nitrogens with two attached hydrogens (primary N) is 1. The van der Waals surface area contributed by atoms with Gasteiger partial charge in [0, 0.05) is 22.3 Å². The van der Waals surface area contributed by atoms with Crippen LogP contribution in [0.25, 0.3) is 10.8 Å². The maximum atomic E-state index is 7.33. The molecule has 0 radical (unpaired) electrons. The van der Waals surface area contributed by atoms with Crippen molar-refractivity contribution in [2.24, 2.45) is 5.73 Å². The molecule has 0 bridgehead atoms. The maximum Gasteiger partial charge on any atom is 0.219 e. The molecule has 0 saturated carbocycles. The number of nitrogen functional groups attached to an aromatic ring is 1. The molecular weight excluding hydrogens is 330 g/mol. The smallest absolute Gasteiger partial charge is 0.219 e. The van der Waals surface area contributed by atoms with Gasteiger partial charge in [-0.15, -0.1) is 0 Å². The molecule has 104 valence electrons. The van der Waals surface area contributed by atoms with Crippen LogP contribution in [0.4, 0.5) is 0 Å². The van der Waals surface area contributed by atoms with Crippen LogP contribution in [0, 0.1) is 5.41 Å². The number of hydrogen-bond donors (Lipinski definition) is 2. The summed E-state index contributed by atoms with van der Waals surface area (Å²) in [5.74, 6) is 1.18. The first-order chi connectivity index (χ1) is 10.1. The largest absolute Gasteiger partial charge is 0.439 e. The molecule has 0 aliphatic heterocycles. The van der Waals surface area contributed by atoms with Crippen molar-refractivity contribution in [3.05, 3.63) is 64.8 Å². The maximum absolute atomic E-state index is 7.33. The summed E-state index contributed by atoms with van der Waals surface area (Å²) in [7, 11) is 0. The Morgan fingerprint density at radius 3 is 2.52 bits per heavy atom. The molecule has 1 aromatic heterocycles. The van der Waals surface area contributed by atoms with Crippen LogP contribution in [0.3, 0.4) is 0 Å². The Balaban J connectivity index is 1.87. The lowest BCUT2D eigenvalue weighted by Crippen LogP contribution is -2.11. The predicted octanol–water partition coefficient (Wildman–Crippen LogP) is 4.07. The Hall–Kier alpha value is -2.40. The molecule has 0 unspecified atom stereocenters. The molecule has 0 amide bonds. The Kier molecular flexibility index (Phi) is 3.58. The molecule has 0 aliphatic carbocycles. The molecular formula is C16H12BrN3O. The summed E-state index contributed by atoms with van der Waals surface area (Å²) in [6, 6.07) is 15.3. The Morgan fingerprint density at radius 1 is 1.05 bits per heavy atom. The molecule has 4 nitrogen and oxygen atoms in total. The van der Waals surface area contributed by atoms with Gasteiger partial charge in [0.05, 0.1) is 0 Å². The van der Waals surface area contributed by atoms with E-state index in [4.69, 9.17) is 15.9 Å². The third-order valence-electron chi connectivity index (χ3n) is 3.04. The van der Waals surface area contributed by atoms with Crippen LogP contribution in [0.1, 0.15) is 5.56 Å². The van der Waals surface area contributed by atoms with E-state index in [1.165, 1.54) is 6.20 Å². The summed E-state index contributed by atoms with van der Waals surface area (Å²) in [5.41, 5.74) is 5.96. The predicted molar refractivity (Wildman–Crippen MR) is 87.0 cm³/mol. The van der Waals surface area contributed by atoms with Gasteiger partial charge in [-0.25, -0.2) is 4.98 Å². The monoisotopic (exact) mass is 341 g/mol. The molecule has 0 fully saturated rings. The van der Waals surface area contributed by atoms with Gasteiger partial charge >= 0.3 is 0 Å². The summed E-state index contributed by atoms with van der Waals surface area (Å²) in [6.45, 7) is 0. The molecule has 2 aromatic carbocycles. The third kappa shape index (κ3) is 3.03. The molecule has 0 aliphatic rings. The normalized spacial score (nSPS) is 10.5. The van der Waals surface area contributed by atoms with Gasteiger partial charge in [0.2, 0.25) is 5.88 Å². The van der Waals surface area contributed by atoms with Crippen molar-refractivity contribution in [2.45, 2.75) is 0 Å². The number of fused-ring (bicyclic) bond motifs is 1. The lowest BCUT2D eigenvalue weighted by atomic mass is 10.1. The Bertz CT molecular complexity index is 815. The van der Waals surface area contributed by atoms with Gasteiger partial charge in [-0.1, -0.05) is 28.1 Å². The first kappa shape index (κ1) is 13.6.